The number of ether oxygens (including phenoxy) is 1. The van der Waals surface area contributed by atoms with E-state index in [4.69, 9.17) is 9.84 Å². The number of carbonyl (C=O) groups is 1. The molecule has 1 N–H and O–H groups in total. The minimum atomic E-state index is -0.728. The predicted octanol–water partition coefficient (Wildman–Crippen LogP) is 4.12. The Morgan fingerprint density at radius 3 is 2.81 bits per heavy atom. The topological polar surface area (TPSA) is 49.8 Å². The van der Waals surface area contributed by atoms with Crippen LogP contribution in [0.4, 0.5) is 4.39 Å². The second kappa shape index (κ2) is 7.31. The van der Waals surface area contributed by atoms with Crippen molar-refractivity contribution in [3.8, 4) is 5.75 Å². The molecular weight excluding hydrogens is 345 g/mol. The van der Waals surface area contributed by atoms with E-state index in [0.717, 1.165) is 30.9 Å². The Labute approximate surface area is 158 Å². The largest absolute Gasteiger partial charge is 0.489 e. The van der Waals surface area contributed by atoms with E-state index >= 15 is 0 Å². The van der Waals surface area contributed by atoms with Crippen molar-refractivity contribution in [3.05, 3.63) is 65.0 Å². The van der Waals surface area contributed by atoms with Gasteiger partial charge in [-0.25, -0.2) is 4.39 Å². The van der Waals surface area contributed by atoms with Crippen molar-refractivity contribution in [3.63, 3.8) is 0 Å². The van der Waals surface area contributed by atoms with Crippen LogP contribution in [0.5, 0.6) is 5.75 Å². The molecule has 0 atom stereocenters. The molecule has 0 amide bonds. The second-order valence-corrected chi connectivity index (χ2v) is 7.73. The van der Waals surface area contributed by atoms with Gasteiger partial charge in [0.15, 0.2) is 0 Å². The van der Waals surface area contributed by atoms with Gasteiger partial charge in [-0.15, -0.1) is 0 Å². The van der Waals surface area contributed by atoms with Crippen molar-refractivity contribution in [1.29, 1.82) is 0 Å². The third-order valence-electron chi connectivity index (χ3n) is 5.59. The van der Waals surface area contributed by atoms with Gasteiger partial charge >= 0.3 is 5.97 Å². The number of benzene rings is 2. The quantitative estimate of drug-likeness (QED) is 0.798. The predicted molar refractivity (Wildman–Crippen MR) is 100 cm³/mol. The number of hydrogen-bond acceptors (Lipinski definition) is 3. The van der Waals surface area contributed by atoms with Gasteiger partial charge in [-0.05, 0) is 66.8 Å². The van der Waals surface area contributed by atoms with E-state index in [1.807, 2.05) is 12.1 Å². The number of carboxylic acids is 1. The third kappa shape index (κ3) is 4.14. The Bertz CT molecular complexity index is 847. The molecule has 5 heteroatoms. The SMILES string of the molecule is O=C(O)CCCN1Cc2ccc(OCc3cccc(F)c3)cc2C2(CC2)C1. The Balaban J connectivity index is 1.44. The minimum Gasteiger partial charge on any atom is -0.489 e. The zero-order chi connectivity index (χ0) is 18.9. The zero-order valence-electron chi connectivity index (χ0n) is 15.3. The van der Waals surface area contributed by atoms with Crippen LogP contribution >= 0.6 is 0 Å². The van der Waals surface area contributed by atoms with Crippen molar-refractivity contribution >= 4 is 5.97 Å². The highest BCUT2D eigenvalue weighted by atomic mass is 19.1. The smallest absolute Gasteiger partial charge is 0.303 e. The first kappa shape index (κ1) is 18.0. The summed E-state index contributed by atoms with van der Waals surface area (Å²) in [5.74, 6) is -0.154. The summed E-state index contributed by atoms with van der Waals surface area (Å²) in [6.07, 6.45) is 3.25. The van der Waals surface area contributed by atoms with E-state index in [2.05, 4.69) is 17.0 Å². The van der Waals surface area contributed by atoms with Crippen LogP contribution in [0.25, 0.3) is 0 Å². The summed E-state index contributed by atoms with van der Waals surface area (Å²) < 4.78 is 19.2. The molecule has 142 valence electrons. The van der Waals surface area contributed by atoms with Gasteiger partial charge in [-0.3, -0.25) is 9.69 Å². The number of fused-ring (bicyclic) bond motifs is 2. The molecule has 1 heterocycles. The lowest BCUT2D eigenvalue weighted by atomic mass is 9.86. The maximum Gasteiger partial charge on any atom is 0.303 e. The van der Waals surface area contributed by atoms with Gasteiger partial charge in [-0.1, -0.05) is 18.2 Å². The van der Waals surface area contributed by atoms with Crippen LogP contribution in [-0.2, 0) is 23.4 Å². The molecule has 1 saturated carbocycles. The number of carboxylic acid groups (broad SMARTS) is 1. The van der Waals surface area contributed by atoms with E-state index in [0.29, 0.717) is 13.0 Å². The lowest BCUT2D eigenvalue weighted by Crippen LogP contribution is -2.38. The van der Waals surface area contributed by atoms with Crippen molar-refractivity contribution in [2.45, 2.75) is 44.2 Å². The van der Waals surface area contributed by atoms with Crippen LogP contribution in [0.3, 0.4) is 0 Å². The third-order valence-corrected chi connectivity index (χ3v) is 5.59. The molecule has 0 saturated heterocycles. The van der Waals surface area contributed by atoms with Gasteiger partial charge in [0, 0.05) is 24.9 Å². The maximum atomic E-state index is 13.3. The Kier molecular flexibility index (Phi) is 4.87. The average Bonchev–Trinajstić information content (AvgIpc) is 3.40. The fraction of sp³-hybridized carbons (Fsp3) is 0.409. The van der Waals surface area contributed by atoms with Crippen molar-refractivity contribution in [2.75, 3.05) is 13.1 Å². The van der Waals surface area contributed by atoms with E-state index < -0.39 is 5.97 Å². The first-order valence-corrected chi connectivity index (χ1v) is 9.49. The zero-order valence-corrected chi connectivity index (χ0v) is 15.3. The maximum absolute atomic E-state index is 13.3. The summed E-state index contributed by atoms with van der Waals surface area (Å²) in [6, 6.07) is 12.7. The molecule has 0 aromatic heterocycles. The highest BCUT2D eigenvalue weighted by molar-refractivity contribution is 5.66. The van der Waals surface area contributed by atoms with Crippen molar-refractivity contribution < 1.29 is 19.0 Å². The van der Waals surface area contributed by atoms with Crippen LogP contribution in [-0.4, -0.2) is 29.1 Å². The lowest BCUT2D eigenvalue weighted by Gasteiger charge is -2.35. The number of rotatable bonds is 7. The molecule has 2 aromatic rings. The summed E-state index contributed by atoms with van der Waals surface area (Å²) in [7, 11) is 0. The summed E-state index contributed by atoms with van der Waals surface area (Å²) in [5.41, 5.74) is 3.70. The molecule has 2 aromatic carbocycles. The Hall–Kier alpha value is -2.40. The molecule has 0 unspecified atom stereocenters. The Morgan fingerprint density at radius 2 is 2.07 bits per heavy atom. The molecule has 4 nitrogen and oxygen atoms in total. The molecule has 1 fully saturated rings. The summed E-state index contributed by atoms with van der Waals surface area (Å²) >= 11 is 0. The van der Waals surface area contributed by atoms with Gasteiger partial charge < -0.3 is 9.84 Å². The minimum absolute atomic E-state index is 0.203. The molecule has 0 bridgehead atoms. The Morgan fingerprint density at radius 1 is 1.22 bits per heavy atom. The van der Waals surface area contributed by atoms with Crippen LogP contribution in [0, 0.1) is 5.82 Å². The number of halogens is 1. The molecular formula is C22H24FNO3. The van der Waals surface area contributed by atoms with Gasteiger partial charge in [0.2, 0.25) is 0 Å². The molecule has 0 radical (unpaired) electrons. The fourth-order valence-corrected chi connectivity index (χ4v) is 4.07. The fourth-order valence-electron chi connectivity index (χ4n) is 4.07. The van der Waals surface area contributed by atoms with Gasteiger partial charge in [0.1, 0.15) is 18.2 Å². The number of aliphatic carboxylic acids is 1. The standard InChI is InChI=1S/C22H24FNO3/c23-18-4-1-3-16(11-18)14-27-19-7-6-17-13-24(10-2-5-21(25)26)15-22(8-9-22)20(17)12-19/h1,3-4,6-7,11-12H,2,5,8-10,13-15H2,(H,25,26). The van der Waals surface area contributed by atoms with E-state index in [1.54, 1.807) is 6.07 Å². The van der Waals surface area contributed by atoms with Crippen molar-refractivity contribution in [2.24, 2.45) is 0 Å². The molecule has 2 aliphatic rings. The molecule has 1 spiro atoms. The normalized spacial score (nSPS) is 17.5. The lowest BCUT2D eigenvalue weighted by molar-refractivity contribution is -0.137. The molecule has 27 heavy (non-hydrogen) atoms. The van der Waals surface area contributed by atoms with Gasteiger partial charge in [0.05, 0.1) is 0 Å². The van der Waals surface area contributed by atoms with E-state index in [-0.39, 0.29) is 17.7 Å². The monoisotopic (exact) mass is 369 g/mol. The van der Waals surface area contributed by atoms with Gasteiger partial charge in [0.25, 0.3) is 0 Å². The van der Waals surface area contributed by atoms with E-state index in [9.17, 15) is 9.18 Å². The van der Waals surface area contributed by atoms with Crippen LogP contribution in [0.15, 0.2) is 42.5 Å². The number of hydrogen-bond donors (Lipinski definition) is 1. The van der Waals surface area contributed by atoms with Crippen LogP contribution in [0.1, 0.15) is 42.4 Å². The van der Waals surface area contributed by atoms with Crippen LogP contribution < -0.4 is 4.74 Å². The van der Waals surface area contributed by atoms with Crippen LogP contribution in [0.2, 0.25) is 0 Å². The summed E-state index contributed by atoms with van der Waals surface area (Å²) in [4.78, 5) is 13.1. The second-order valence-electron chi connectivity index (χ2n) is 7.73. The molecule has 1 aliphatic carbocycles. The first-order chi connectivity index (χ1) is 13.0. The van der Waals surface area contributed by atoms with E-state index in [1.165, 1.54) is 36.1 Å². The van der Waals surface area contributed by atoms with Gasteiger partial charge in [-0.2, -0.15) is 0 Å². The highest BCUT2D eigenvalue weighted by Crippen LogP contribution is 2.53. The molecule has 1 aliphatic heterocycles. The summed E-state index contributed by atoms with van der Waals surface area (Å²) in [5, 5.41) is 8.84. The number of nitrogens with zero attached hydrogens (tertiary/aromatic N) is 1. The average molecular weight is 369 g/mol. The first-order valence-electron chi connectivity index (χ1n) is 9.49. The summed E-state index contributed by atoms with van der Waals surface area (Å²) in [6.45, 7) is 3.03. The highest BCUT2D eigenvalue weighted by Gasteiger charge is 2.49. The molecule has 4 rings (SSSR count). The van der Waals surface area contributed by atoms with Crippen molar-refractivity contribution in [1.82, 2.24) is 4.90 Å².